The molecule has 0 saturated carbocycles. The zero-order valence-corrected chi connectivity index (χ0v) is 11.5. The van der Waals surface area contributed by atoms with Gasteiger partial charge in [0.2, 0.25) is 5.91 Å². The molecule has 0 unspecified atom stereocenters. The average Bonchev–Trinajstić information content (AvgIpc) is 2.66. The normalized spacial score (nSPS) is 20.9. The highest BCUT2D eigenvalue weighted by molar-refractivity contribution is 7.99. The van der Waals surface area contributed by atoms with Gasteiger partial charge < -0.3 is 4.90 Å². The number of carbonyl (C=O) groups excluding carboxylic acids is 1. The number of hydrogen-bond donors (Lipinski definition) is 0. The topological polar surface area (TPSA) is 20.3 Å². The first kappa shape index (κ1) is 13.2. The lowest BCUT2D eigenvalue weighted by molar-refractivity contribution is -0.125. The molecule has 1 aromatic carbocycles. The Bertz CT molecular complexity index is 416. The standard InChI is InChI=1S/C15H19NOS/c1-2-6-15(17)16-10-9-14(18-12-11-16)13-7-4-3-5-8-13/h2-8,14H,9-12H2,1H3/b6-2+/t14-/m0/s1. The molecular formula is C15H19NOS. The largest absolute Gasteiger partial charge is 0.338 e. The van der Waals surface area contributed by atoms with E-state index in [2.05, 4.69) is 24.3 Å². The highest BCUT2D eigenvalue weighted by Gasteiger charge is 2.20. The molecule has 0 radical (unpaired) electrons. The van der Waals surface area contributed by atoms with Gasteiger partial charge in [0.05, 0.1) is 0 Å². The van der Waals surface area contributed by atoms with Crippen LogP contribution in [0.4, 0.5) is 0 Å². The number of nitrogens with zero attached hydrogens (tertiary/aromatic N) is 1. The van der Waals surface area contributed by atoms with Crippen LogP contribution in [-0.4, -0.2) is 29.6 Å². The predicted octanol–water partition coefficient (Wildman–Crippen LogP) is 3.27. The van der Waals surface area contributed by atoms with Crippen LogP contribution in [0.5, 0.6) is 0 Å². The van der Waals surface area contributed by atoms with Crippen LogP contribution in [0.2, 0.25) is 0 Å². The molecule has 0 spiro atoms. The minimum Gasteiger partial charge on any atom is -0.338 e. The smallest absolute Gasteiger partial charge is 0.246 e. The highest BCUT2D eigenvalue weighted by Crippen LogP contribution is 2.34. The van der Waals surface area contributed by atoms with Crippen LogP contribution in [0.3, 0.4) is 0 Å². The van der Waals surface area contributed by atoms with E-state index in [4.69, 9.17) is 0 Å². The van der Waals surface area contributed by atoms with Crippen molar-refractivity contribution in [3.05, 3.63) is 48.0 Å². The van der Waals surface area contributed by atoms with Crippen LogP contribution in [0, 0.1) is 0 Å². The van der Waals surface area contributed by atoms with Gasteiger partial charge in [0.15, 0.2) is 0 Å². The first-order chi connectivity index (χ1) is 8.81. The number of benzene rings is 1. The van der Waals surface area contributed by atoms with Gasteiger partial charge in [0.25, 0.3) is 0 Å². The molecule has 18 heavy (non-hydrogen) atoms. The van der Waals surface area contributed by atoms with E-state index >= 15 is 0 Å². The van der Waals surface area contributed by atoms with E-state index in [1.807, 2.05) is 35.7 Å². The van der Waals surface area contributed by atoms with Crippen molar-refractivity contribution in [1.29, 1.82) is 0 Å². The Hall–Kier alpha value is -1.22. The van der Waals surface area contributed by atoms with Gasteiger partial charge in [-0.15, -0.1) is 0 Å². The molecular weight excluding hydrogens is 242 g/mol. The van der Waals surface area contributed by atoms with Crippen LogP contribution in [-0.2, 0) is 4.79 Å². The van der Waals surface area contributed by atoms with Crippen LogP contribution < -0.4 is 0 Å². The van der Waals surface area contributed by atoms with Crippen LogP contribution in [0.1, 0.15) is 24.2 Å². The molecule has 1 aliphatic rings. The van der Waals surface area contributed by atoms with E-state index in [0.29, 0.717) is 5.25 Å². The molecule has 1 amide bonds. The molecule has 0 aliphatic carbocycles. The maximum absolute atomic E-state index is 11.8. The third-order valence-electron chi connectivity index (χ3n) is 3.13. The Morgan fingerprint density at radius 1 is 1.33 bits per heavy atom. The number of hydrogen-bond acceptors (Lipinski definition) is 2. The van der Waals surface area contributed by atoms with Gasteiger partial charge >= 0.3 is 0 Å². The van der Waals surface area contributed by atoms with Gasteiger partial charge in [-0.1, -0.05) is 36.4 Å². The number of thioether (sulfide) groups is 1. The molecule has 1 atom stereocenters. The summed E-state index contributed by atoms with van der Waals surface area (Å²) in [4.78, 5) is 13.8. The molecule has 0 aromatic heterocycles. The molecule has 1 fully saturated rings. The number of allylic oxidation sites excluding steroid dienone is 1. The summed E-state index contributed by atoms with van der Waals surface area (Å²) in [5, 5.41) is 0.523. The fourth-order valence-electron chi connectivity index (χ4n) is 2.17. The second-order valence-electron chi connectivity index (χ2n) is 4.38. The molecule has 1 heterocycles. The summed E-state index contributed by atoms with van der Waals surface area (Å²) in [6.45, 7) is 3.60. The Labute approximate surface area is 113 Å². The van der Waals surface area contributed by atoms with Gasteiger partial charge in [0.1, 0.15) is 0 Å². The van der Waals surface area contributed by atoms with Crippen molar-refractivity contribution in [2.45, 2.75) is 18.6 Å². The summed E-state index contributed by atoms with van der Waals surface area (Å²) in [5.74, 6) is 1.16. The molecule has 2 rings (SSSR count). The lowest BCUT2D eigenvalue weighted by atomic mass is 10.1. The Kier molecular flexibility index (Phi) is 4.88. The van der Waals surface area contributed by atoms with E-state index in [1.54, 1.807) is 6.08 Å². The fourth-order valence-corrected chi connectivity index (χ4v) is 3.40. The minimum absolute atomic E-state index is 0.145. The second kappa shape index (κ2) is 6.64. The van der Waals surface area contributed by atoms with Crippen molar-refractivity contribution in [2.75, 3.05) is 18.8 Å². The lowest BCUT2D eigenvalue weighted by Gasteiger charge is -2.18. The molecule has 3 heteroatoms. The minimum atomic E-state index is 0.145. The lowest BCUT2D eigenvalue weighted by Crippen LogP contribution is -2.31. The van der Waals surface area contributed by atoms with Crippen molar-refractivity contribution in [2.24, 2.45) is 0 Å². The first-order valence-corrected chi connectivity index (χ1v) is 7.44. The average molecular weight is 261 g/mol. The van der Waals surface area contributed by atoms with Crippen molar-refractivity contribution < 1.29 is 4.79 Å². The summed E-state index contributed by atoms with van der Waals surface area (Å²) >= 11 is 1.96. The molecule has 1 saturated heterocycles. The molecule has 0 N–H and O–H groups in total. The van der Waals surface area contributed by atoms with E-state index in [9.17, 15) is 4.79 Å². The van der Waals surface area contributed by atoms with Crippen molar-refractivity contribution in [1.82, 2.24) is 4.90 Å². The van der Waals surface area contributed by atoms with Crippen molar-refractivity contribution >= 4 is 17.7 Å². The number of amides is 1. The summed E-state index contributed by atoms with van der Waals surface area (Å²) in [7, 11) is 0. The zero-order chi connectivity index (χ0) is 12.8. The van der Waals surface area contributed by atoms with Crippen molar-refractivity contribution in [3.63, 3.8) is 0 Å². The Morgan fingerprint density at radius 3 is 2.83 bits per heavy atom. The summed E-state index contributed by atoms with van der Waals surface area (Å²) < 4.78 is 0. The van der Waals surface area contributed by atoms with Crippen LogP contribution >= 0.6 is 11.8 Å². The van der Waals surface area contributed by atoms with Crippen LogP contribution in [0.15, 0.2) is 42.5 Å². The summed E-state index contributed by atoms with van der Waals surface area (Å²) in [6, 6.07) is 10.6. The van der Waals surface area contributed by atoms with Gasteiger partial charge in [-0.05, 0) is 25.0 Å². The van der Waals surface area contributed by atoms with Gasteiger partial charge in [-0.25, -0.2) is 0 Å². The monoisotopic (exact) mass is 261 g/mol. The predicted molar refractivity (Wildman–Crippen MR) is 77.7 cm³/mol. The maximum Gasteiger partial charge on any atom is 0.246 e. The van der Waals surface area contributed by atoms with E-state index < -0.39 is 0 Å². The molecule has 1 aliphatic heterocycles. The highest BCUT2D eigenvalue weighted by atomic mass is 32.2. The summed E-state index contributed by atoms with van der Waals surface area (Å²) in [6.07, 6.45) is 4.51. The maximum atomic E-state index is 11.8. The third-order valence-corrected chi connectivity index (χ3v) is 4.46. The van der Waals surface area contributed by atoms with Gasteiger partial charge in [-0.2, -0.15) is 11.8 Å². The van der Waals surface area contributed by atoms with Crippen molar-refractivity contribution in [3.8, 4) is 0 Å². The molecule has 96 valence electrons. The molecule has 2 nitrogen and oxygen atoms in total. The number of carbonyl (C=O) groups is 1. The Balaban J connectivity index is 1.99. The van der Waals surface area contributed by atoms with Gasteiger partial charge in [0, 0.05) is 24.1 Å². The second-order valence-corrected chi connectivity index (χ2v) is 5.69. The zero-order valence-electron chi connectivity index (χ0n) is 10.7. The summed E-state index contributed by atoms with van der Waals surface area (Å²) in [5.41, 5.74) is 1.38. The van der Waals surface area contributed by atoms with E-state index in [-0.39, 0.29) is 5.91 Å². The first-order valence-electron chi connectivity index (χ1n) is 6.39. The third kappa shape index (κ3) is 3.39. The fraction of sp³-hybridized carbons (Fsp3) is 0.400. The Morgan fingerprint density at radius 2 is 2.11 bits per heavy atom. The van der Waals surface area contributed by atoms with E-state index in [1.165, 1.54) is 5.56 Å². The van der Waals surface area contributed by atoms with E-state index in [0.717, 1.165) is 25.3 Å². The SMILES string of the molecule is C/C=C/C(=O)N1CCS[C@H](c2ccccc2)CC1. The molecule has 1 aromatic rings. The van der Waals surface area contributed by atoms with Gasteiger partial charge in [-0.3, -0.25) is 4.79 Å². The molecule has 0 bridgehead atoms. The quantitative estimate of drug-likeness (QED) is 0.762. The number of rotatable bonds is 2. The van der Waals surface area contributed by atoms with Crippen LogP contribution in [0.25, 0.3) is 0 Å².